The van der Waals surface area contributed by atoms with Gasteiger partial charge in [0, 0.05) is 23.6 Å². The minimum absolute atomic E-state index is 0.217. The zero-order valence-corrected chi connectivity index (χ0v) is 9.23. The molecule has 0 bridgehead atoms. The maximum absolute atomic E-state index is 5.98. The number of halogens is 2. The van der Waals surface area contributed by atoms with Gasteiger partial charge in [-0.15, -0.1) is 0 Å². The Morgan fingerprint density at radius 1 is 1.50 bits per heavy atom. The fourth-order valence-corrected chi connectivity index (χ4v) is 2.11. The minimum atomic E-state index is -0.217. The first-order valence-corrected chi connectivity index (χ1v) is 5.22. The van der Waals surface area contributed by atoms with Crippen LogP contribution >= 0.6 is 23.2 Å². The third-order valence-corrected chi connectivity index (χ3v) is 2.57. The van der Waals surface area contributed by atoms with Crippen LogP contribution in [0, 0.1) is 0 Å². The molecular formula is C10H10Cl2O2. The van der Waals surface area contributed by atoms with E-state index in [1.54, 1.807) is 6.07 Å². The van der Waals surface area contributed by atoms with Gasteiger partial charge < -0.3 is 9.47 Å². The molecule has 2 nitrogen and oxygen atoms in total. The van der Waals surface area contributed by atoms with Crippen molar-refractivity contribution >= 4 is 23.2 Å². The van der Waals surface area contributed by atoms with Gasteiger partial charge in [0.2, 0.25) is 6.29 Å². The van der Waals surface area contributed by atoms with Crippen molar-refractivity contribution < 1.29 is 9.47 Å². The van der Waals surface area contributed by atoms with E-state index in [1.807, 2.05) is 13.0 Å². The molecule has 0 saturated heterocycles. The Bertz CT molecular complexity index is 352. The van der Waals surface area contributed by atoms with Crippen molar-refractivity contribution in [3.63, 3.8) is 0 Å². The van der Waals surface area contributed by atoms with E-state index in [2.05, 4.69) is 0 Å². The van der Waals surface area contributed by atoms with E-state index in [4.69, 9.17) is 32.7 Å². The van der Waals surface area contributed by atoms with Crippen molar-refractivity contribution in [3.8, 4) is 5.75 Å². The largest absolute Gasteiger partial charge is 0.463 e. The number of rotatable bonds is 2. The first kappa shape index (κ1) is 10.1. The molecule has 0 N–H and O–H groups in total. The van der Waals surface area contributed by atoms with Crippen molar-refractivity contribution in [2.45, 2.75) is 19.6 Å². The predicted octanol–water partition coefficient (Wildman–Crippen LogP) is 3.29. The highest BCUT2D eigenvalue weighted by Crippen LogP contribution is 2.38. The first-order chi connectivity index (χ1) is 6.70. The van der Waals surface area contributed by atoms with Gasteiger partial charge in [0.05, 0.1) is 5.02 Å². The highest BCUT2D eigenvalue weighted by molar-refractivity contribution is 6.35. The molecule has 4 heteroatoms. The second-order valence-electron chi connectivity index (χ2n) is 3.08. The molecule has 1 aliphatic rings. The minimum Gasteiger partial charge on any atom is -0.463 e. The fraction of sp³-hybridized carbons (Fsp3) is 0.400. The zero-order chi connectivity index (χ0) is 10.1. The summed E-state index contributed by atoms with van der Waals surface area (Å²) in [4.78, 5) is 0. The Labute approximate surface area is 92.7 Å². The first-order valence-electron chi connectivity index (χ1n) is 4.47. The van der Waals surface area contributed by atoms with Crippen LogP contribution in [0.3, 0.4) is 0 Å². The molecule has 0 fully saturated rings. The Kier molecular flexibility index (Phi) is 2.86. The Balaban J connectivity index is 2.26. The maximum atomic E-state index is 5.98. The van der Waals surface area contributed by atoms with Crippen LogP contribution in [0.25, 0.3) is 0 Å². The van der Waals surface area contributed by atoms with Gasteiger partial charge in [-0.2, -0.15) is 0 Å². The molecule has 0 radical (unpaired) electrons. The second-order valence-corrected chi connectivity index (χ2v) is 3.93. The third kappa shape index (κ3) is 1.83. The van der Waals surface area contributed by atoms with Gasteiger partial charge in [-0.25, -0.2) is 0 Å². The molecule has 2 rings (SSSR count). The smallest absolute Gasteiger partial charge is 0.204 e. The molecule has 1 aromatic carbocycles. The highest BCUT2D eigenvalue weighted by atomic mass is 35.5. The molecule has 0 aromatic heterocycles. The van der Waals surface area contributed by atoms with E-state index in [0.29, 0.717) is 28.8 Å². The van der Waals surface area contributed by atoms with E-state index in [9.17, 15) is 0 Å². The topological polar surface area (TPSA) is 18.5 Å². The molecule has 1 aromatic rings. The van der Waals surface area contributed by atoms with Crippen molar-refractivity contribution in [2.75, 3.05) is 6.61 Å². The summed E-state index contributed by atoms with van der Waals surface area (Å²) in [6, 6.07) is 3.54. The van der Waals surface area contributed by atoms with Crippen LogP contribution < -0.4 is 4.74 Å². The van der Waals surface area contributed by atoms with E-state index in [1.165, 1.54) is 0 Å². The standard InChI is InChI=1S/C10H10Cl2O2/c1-2-13-9-4-6-3-7(11)5-8(12)10(6)14-9/h3,5,9H,2,4H2,1H3. The number of ether oxygens (including phenoxy) is 2. The number of hydrogen-bond acceptors (Lipinski definition) is 2. The molecule has 0 saturated carbocycles. The van der Waals surface area contributed by atoms with Crippen LogP contribution in [-0.2, 0) is 11.2 Å². The summed E-state index contributed by atoms with van der Waals surface area (Å²) < 4.78 is 10.9. The molecule has 76 valence electrons. The Morgan fingerprint density at radius 3 is 3.00 bits per heavy atom. The molecule has 1 unspecified atom stereocenters. The van der Waals surface area contributed by atoms with Crippen LogP contribution in [0.15, 0.2) is 12.1 Å². The van der Waals surface area contributed by atoms with Gasteiger partial charge >= 0.3 is 0 Å². The summed E-state index contributed by atoms with van der Waals surface area (Å²) in [6.07, 6.45) is 0.495. The normalized spacial score (nSPS) is 19.2. The third-order valence-electron chi connectivity index (χ3n) is 2.07. The summed E-state index contributed by atoms with van der Waals surface area (Å²) in [5.41, 5.74) is 1.01. The van der Waals surface area contributed by atoms with Gasteiger partial charge in [-0.3, -0.25) is 0 Å². The predicted molar refractivity (Wildman–Crippen MR) is 56.2 cm³/mol. The van der Waals surface area contributed by atoms with E-state index >= 15 is 0 Å². The summed E-state index contributed by atoms with van der Waals surface area (Å²) in [5.74, 6) is 0.703. The molecule has 0 aliphatic carbocycles. The second kappa shape index (κ2) is 3.97. The quantitative estimate of drug-likeness (QED) is 0.780. The van der Waals surface area contributed by atoms with E-state index in [0.717, 1.165) is 5.56 Å². The van der Waals surface area contributed by atoms with Gasteiger partial charge in [-0.05, 0) is 19.1 Å². The summed E-state index contributed by atoms with van der Waals surface area (Å²) in [6.45, 7) is 2.56. The van der Waals surface area contributed by atoms with Gasteiger partial charge in [0.25, 0.3) is 0 Å². The molecule has 1 atom stereocenters. The van der Waals surface area contributed by atoms with Crippen molar-refractivity contribution in [3.05, 3.63) is 27.7 Å². The Hall–Kier alpha value is -0.440. The number of hydrogen-bond donors (Lipinski definition) is 0. The van der Waals surface area contributed by atoms with E-state index in [-0.39, 0.29) is 6.29 Å². The van der Waals surface area contributed by atoms with E-state index < -0.39 is 0 Å². The molecule has 0 spiro atoms. The van der Waals surface area contributed by atoms with Crippen molar-refractivity contribution in [2.24, 2.45) is 0 Å². The summed E-state index contributed by atoms with van der Waals surface area (Å²) >= 11 is 11.8. The lowest BCUT2D eigenvalue weighted by atomic mass is 10.2. The maximum Gasteiger partial charge on any atom is 0.204 e. The number of benzene rings is 1. The molecule has 1 aliphatic heterocycles. The number of fused-ring (bicyclic) bond motifs is 1. The van der Waals surface area contributed by atoms with Crippen molar-refractivity contribution in [1.82, 2.24) is 0 Å². The summed E-state index contributed by atoms with van der Waals surface area (Å²) in [5, 5.41) is 1.18. The van der Waals surface area contributed by atoms with Gasteiger partial charge in [-0.1, -0.05) is 23.2 Å². The highest BCUT2D eigenvalue weighted by Gasteiger charge is 2.25. The van der Waals surface area contributed by atoms with Crippen LogP contribution in [0.1, 0.15) is 12.5 Å². The lowest BCUT2D eigenvalue weighted by molar-refractivity contribution is -0.0602. The lowest BCUT2D eigenvalue weighted by Gasteiger charge is -2.09. The van der Waals surface area contributed by atoms with Crippen LogP contribution in [0.2, 0.25) is 10.0 Å². The molecular weight excluding hydrogens is 223 g/mol. The SMILES string of the molecule is CCOC1Cc2cc(Cl)cc(Cl)c2O1. The van der Waals surface area contributed by atoms with Crippen LogP contribution in [0.4, 0.5) is 0 Å². The van der Waals surface area contributed by atoms with Crippen LogP contribution in [0.5, 0.6) is 5.75 Å². The van der Waals surface area contributed by atoms with Crippen LogP contribution in [-0.4, -0.2) is 12.9 Å². The monoisotopic (exact) mass is 232 g/mol. The molecule has 1 heterocycles. The zero-order valence-electron chi connectivity index (χ0n) is 7.72. The fourth-order valence-electron chi connectivity index (χ4n) is 1.53. The van der Waals surface area contributed by atoms with Gasteiger partial charge in [0.15, 0.2) is 0 Å². The molecule has 14 heavy (non-hydrogen) atoms. The van der Waals surface area contributed by atoms with Gasteiger partial charge in [0.1, 0.15) is 5.75 Å². The Morgan fingerprint density at radius 2 is 2.29 bits per heavy atom. The lowest BCUT2D eigenvalue weighted by Crippen LogP contribution is -2.17. The average molecular weight is 233 g/mol. The molecule has 0 amide bonds. The average Bonchev–Trinajstić information content (AvgIpc) is 2.48. The van der Waals surface area contributed by atoms with Crippen molar-refractivity contribution in [1.29, 1.82) is 0 Å². The summed E-state index contributed by atoms with van der Waals surface area (Å²) in [7, 11) is 0.